The van der Waals surface area contributed by atoms with Gasteiger partial charge in [-0.15, -0.1) is 0 Å². The lowest BCUT2D eigenvalue weighted by molar-refractivity contribution is -0.137. The SMILES string of the molecule is CCCN(CC(=O)O)C(=O)Nc1cc(OC)cc(OC)c1. The standard InChI is InChI=1S/C14H20N2O5/c1-4-5-16(9-13(17)18)14(19)15-10-6-11(20-2)8-12(7-10)21-3/h6-8H,4-5,9H2,1-3H3,(H,15,19)(H,17,18). The van der Waals surface area contributed by atoms with Crippen LogP contribution in [0.15, 0.2) is 18.2 Å². The molecule has 0 saturated carbocycles. The normalized spacial score (nSPS) is 9.86. The molecular weight excluding hydrogens is 276 g/mol. The van der Waals surface area contributed by atoms with Gasteiger partial charge in [-0.25, -0.2) is 4.79 Å². The lowest BCUT2D eigenvalue weighted by Gasteiger charge is -2.20. The first kappa shape index (κ1) is 16.6. The Morgan fingerprint density at radius 2 is 1.76 bits per heavy atom. The van der Waals surface area contributed by atoms with E-state index in [4.69, 9.17) is 14.6 Å². The molecule has 1 aromatic rings. The lowest BCUT2D eigenvalue weighted by atomic mass is 10.2. The van der Waals surface area contributed by atoms with Crippen molar-refractivity contribution < 1.29 is 24.2 Å². The van der Waals surface area contributed by atoms with Gasteiger partial charge in [-0.05, 0) is 6.42 Å². The maximum atomic E-state index is 12.1. The van der Waals surface area contributed by atoms with Crippen LogP contribution >= 0.6 is 0 Å². The molecule has 2 N–H and O–H groups in total. The third-order valence-corrected chi connectivity index (χ3v) is 2.71. The smallest absolute Gasteiger partial charge is 0.323 e. The predicted molar refractivity (Wildman–Crippen MR) is 78.1 cm³/mol. The molecule has 7 heteroatoms. The van der Waals surface area contributed by atoms with E-state index in [9.17, 15) is 9.59 Å². The van der Waals surface area contributed by atoms with Crippen molar-refractivity contribution in [2.24, 2.45) is 0 Å². The molecule has 0 bridgehead atoms. The highest BCUT2D eigenvalue weighted by atomic mass is 16.5. The van der Waals surface area contributed by atoms with E-state index < -0.39 is 12.0 Å². The number of aliphatic carboxylic acids is 1. The third-order valence-electron chi connectivity index (χ3n) is 2.71. The van der Waals surface area contributed by atoms with Crippen LogP contribution < -0.4 is 14.8 Å². The van der Waals surface area contributed by atoms with Crippen LogP contribution in [0.1, 0.15) is 13.3 Å². The quantitative estimate of drug-likeness (QED) is 0.803. The number of anilines is 1. The Morgan fingerprint density at radius 1 is 1.19 bits per heavy atom. The van der Waals surface area contributed by atoms with Crippen LogP contribution in [0.5, 0.6) is 11.5 Å². The van der Waals surface area contributed by atoms with Crippen molar-refractivity contribution in [1.29, 1.82) is 0 Å². The van der Waals surface area contributed by atoms with Gasteiger partial charge in [0.05, 0.1) is 14.2 Å². The van der Waals surface area contributed by atoms with Crippen LogP contribution in [0.25, 0.3) is 0 Å². The summed E-state index contributed by atoms with van der Waals surface area (Å²) in [5.74, 6) is 0.0108. The Morgan fingerprint density at radius 3 is 2.19 bits per heavy atom. The minimum absolute atomic E-state index is 0.346. The molecule has 2 amide bonds. The molecule has 0 radical (unpaired) electrons. The topological polar surface area (TPSA) is 88.1 Å². The fraction of sp³-hybridized carbons (Fsp3) is 0.429. The van der Waals surface area contributed by atoms with Gasteiger partial charge in [-0.3, -0.25) is 4.79 Å². The summed E-state index contributed by atoms with van der Waals surface area (Å²) in [5, 5.41) is 11.5. The highest BCUT2D eigenvalue weighted by Gasteiger charge is 2.16. The van der Waals surface area contributed by atoms with E-state index in [0.717, 1.165) is 0 Å². The van der Waals surface area contributed by atoms with E-state index in [2.05, 4.69) is 5.32 Å². The average Bonchev–Trinajstić information content (AvgIpc) is 2.45. The summed E-state index contributed by atoms with van der Waals surface area (Å²) < 4.78 is 10.2. The molecule has 1 aromatic carbocycles. The Balaban J connectivity index is 2.86. The molecule has 0 atom stereocenters. The summed E-state index contributed by atoms with van der Waals surface area (Å²) in [6, 6.07) is 4.46. The van der Waals surface area contributed by atoms with Crippen molar-refractivity contribution in [3.63, 3.8) is 0 Å². The van der Waals surface area contributed by atoms with Crippen LogP contribution in [-0.4, -0.2) is 49.3 Å². The van der Waals surface area contributed by atoms with Crippen LogP contribution in [0, 0.1) is 0 Å². The van der Waals surface area contributed by atoms with E-state index in [1.807, 2.05) is 6.92 Å². The van der Waals surface area contributed by atoms with Crippen LogP contribution in [0.3, 0.4) is 0 Å². The average molecular weight is 296 g/mol. The first-order valence-corrected chi connectivity index (χ1v) is 6.51. The summed E-state index contributed by atoms with van der Waals surface area (Å²) in [6.45, 7) is 1.89. The summed E-state index contributed by atoms with van der Waals surface area (Å²) in [6.07, 6.45) is 0.669. The third kappa shape index (κ3) is 5.21. The molecule has 7 nitrogen and oxygen atoms in total. The molecule has 0 aromatic heterocycles. The summed E-state index contributed by atoms with van der Waals surface area (Å²) in [4.78, 5) is 24.1. The van der Waals surface area contributed by atoms with Crippen LogP contribution in [-0.2, 0) is 4.79 Å². The Kier molecular flexibility index (Phi) is 6.32. The minimum atomic E-state index is -1.05. The number of nitrogens with one attached hydrogen (secondary N) is 1. The second-order valence-electron chi connectivity index (χ2n) is 4.35. The Hall–Kier alpha value is -2.44. The van der Waals surface area contributed by atoms with Gasteiger partial charge in [0.2, 0.25) is 0 Å². The van der Waals surface area contributed by atoms with E-state index in [1.165, 1.54) is 19.1 Å². The minimum Gasteiger partial charge on any atom is -0.497 e. The molecule has 0 saturated heterocycles. The molecule has 0 fully saturated rings. The molecule has 1 rings (SSSR count). The maximum absolute atomic E-state index is 12.1. The number of nitrogens with zero attached hydrogens (tertiary/aromatic N) is 1. The molecule has 116 valence electrons. The number of hydrogen-bond donors (Lipinski definition) is 2. The number of rotatable bonds is 7. The summed E-state index contributed by atoms with van der Waals surface area (Å²) >= 11 is 0. The molecular formula is C14H20N2O5. The second-order valence-corrected chi connectivity index (χ2v) is 4.35. The Bertz CT molecular complexity index is 482. The summed E-state index contributed by atoms with van der Waals surface area (Å²) in [7, 11) is 3.02. The number of ether oxygens (including phenoxy) is 2. The van der Waals surface area contributed by atoms with Gasteiger partial charge in [-0.1, -0.05) is 6.92 Å². The van der Waals surface area contributed by atoms with Gasteiger partial charge >= 0.3 is 12.0 Å². The van der Waals surface area contributed by atoms with Gasteiger partial charge in [-0.2, -0.15) is 0 Å². The number of methoxy groups -OCH3 is 2. The van der Waals surface area contributed by atoms with Crippen molar-refractivity contribution in [1.82, 2.24) is 4.90 Å². The molecule has 0 unspecified atom stereocenters. The number of benzene rings is 1. The largest absolute Gasteiger partial charge is 0.497 e. The zero-order valence-electron chi connectivity index (χ0n) is 12.4. The number of carbonyl (C=O) groups excluding carboxylic acids is 1. The molecule has 0 heterocycles. The number of carboxylic acid groups (broad SMARTS) is 1. The fourth-order valence-corrected chi connectivity index (χ4v) is 1.77. The number of amides is 2. The maximum Gasteiger partial charge on any atom is 0.323 e. The highest BCUT2D eigenvalue weighted by molar-refractivity contribution is 5.91. The number of hydrogen-bond acceptors (Lipinski definition) is 4. The molecule has 0 aliphatic carbocycles. The molecule has 0 spiro atoms. The van der Waals surface area contributed by atoms with E-state index in [0.29, 0.717) is 30.2 Å². The van der Waals surface area contributed by atoms with Crippen LogP contribution in [0.2, 0.25) is 0 Å². The number of carbonyl (C=O) groups is 2. The Labute approximate surface area is 123 Å². The first-order chi connectivity index (χ1) is 9.99. The van der Waals surface area contributed by atoms with Gasteiger partial charge < -0.3 is 24.8 Å². The van der Waals surface area contributed by atoms with E-state index in [1.54, 1.807) is 18.2 Å². The predicted octanol–water partition coefficient (Wildman–Crippen LogP) is 2.03. The zero-order valence-corrected chi connectivity index (χ0v) is 12.4. The second kappa shape index (κ2) is 7.98. The van der Waals surface area contributed by atoms with Crippen LogP contribution in [0.4, 0.5) is 10.5 Å². The molecule has 0 aliphatic rings. The molecule has 21 heavy (non-hydrogen) atoms. The first-order valence-electron chi connectivity index (χ1n) is 6.51. The van der Waals surface area contributed by atoms with Gasteiger partial charge in [0.15, 0.2) is 0 Å². The van der Waals surface area contributed by atoms with Crippen molar-refractivity contribution in [2.75, 3.05) is 32.6 Å². The van der Waals surface area contributed by atoms with Gasteiger partial charge in [0.25, 0.3) is 0 Å². The van der Waals surface area contributed by atoms with Crippen molar-refractivity contribution in [3.05, 3.63) is 18.2 Å². The fourth-order valence-electron chi connectivity index (χ4n) is 1.77. The van der Waals surface area contributed by atoms with Crippen molar-refractivity contribution in [3.8, 4) is 11.5 Å². The monoisotopic (exact) mass is 296 g/mol. The lowest BCUT2D eigenvalue weighted by Crippen LogP contribution is -2.39. The highest BCUT2D eigenvalue weighted by Crippen LogP contribution is 2.25. The van der Waals surface area contributed by atoms with Crippen molar-refractivity contribution in [2.45, 2.75) is 13.3 Å². The number of carboxylic acids is 1. The van der Waals surface area contributed by atoms with E-state index in [-0.39, 0.29) is 6.54 Å². The van der Waals surface area contributed by atoms with Gasteiger partial charge in [0.1, 0.15) is 18.0 Å². The summed E-state index contributed by atoms with van der Waals surface area (Å²) in [5.41, 5.74) is 0.475. The van der Waals surface area contributed by atoms with Gasteiger partial charge in [0, 0.05) is 30.4 Å². The van der Waals surface area contributed by atoms with Crippen molar-refractivity contribution >= 4 is 17.7 Å². The zero-order chi connectivity index (χ0) is 15.8. The van der Waals surface area contributed by atoms with E-state index >= 15 is 0 Å². The molecule has 0 aliphatic heterocycles. The number of urea groups is 1.